The first-order valence-corrected chi connectivity index (χ1v) is 8.03. The molecule has 0 aromatic carbocycles. The quantitative estimate of drug-likeness (QED) is 0.858. The Balaban J connectivity index is 2.18. The fourth-order valence-corrected chi connectivity index (χ4v) is 4.58. The minimum atomic E-state index is -3.40. The number of hydrogen-bond donors (Lipinski definition) is 2. The zero-order chi connectivity index (χ0) is 12.7. The summed E-state index contributed by atoms with van der Waals surface area (Å²) < 4.78 is 27.5. The van der Waals surface area contributed by atoms with E-state index in [0.717, 1.165) is 18.4 Å². The van der Waals surface area contributed by atoms with Gasteiger partial charge in [0.2, 0.25) is 0 Å². The predicted octanol–water partition coefficient (Wildman–Crippen LogP) is 1.67. The zero-order valence-electron chi connectivity index (χ0n) is 10.1. The summed E-state index contributed by atoms with van der Waals surface area (Å²) in [4.78, 5) is 0. The van der Waals surface area contributed by atoms with E-state index >= 15 is 0 Å². The highest BCUT2D eigenvalue weighted by Gasteiger charge is 2.40. The highest BCUT2D eigenvalue weighted by molar-refractivity contribution is 7.91. The first-order valence-electron chi connectivity index (χ1n) is 5.66. The van der Waals surface area contributed by atoms with Crippen LogP contribution in [-0.2, 0) is 16.6 Å². The summed E-state index contributed by atoms with van der Waals surface area (Å²) in [6.45, 7) is 4.26. The van der Waals surface area contributed by atoms with E-state index in [-0.39, 0.29) is 5.54 Å². The average molecular weight is 274 g/mol. The van der Waals surface area contributed by atoms with E-state index in [2.05, 4.69) is 4.72 Å². The van der Waals surface area contributed by atoms with Gasteiger partial charge < -0.3 is 5.73 Å². The van der Waals surface area contributed by atoms with E-state index in [4.69, 9.17) is 5.73 Å². The molecule has 3 N–H and O–H groups in total. The third kappa shape index (κ3) is 2.88. The van der Waals surface area contributed by atoms with Gasteiger partial charge in [-0.15, -0.1) is 11.3 Å². The summed E-state index contributed by atoms with van der Waals surface area (Å²) in [5.41, 5.74) is 5.99. The Hall–Kier alpha value is -0.430. The highest BCUT2D eigenvalue weighted by Crippen LogP contribution is 2.40. The van der Waals surface area contributed by atoms with Gasteiger partial charge in [-0.05, 0) is 49.6 Å². The fraction of sp³-hybridized carbons (Fsp3) is 0.636. The van der Waals surface area contributed by atoms with Crippen molar-refractivity contribution in [2.75, 3.05) is 0 Å². The van der Waals surface area contributed by atoms with Gasteiger partial charge in [0, 0.05) is 12.1 Å². The van der Waals surface area contributed by atoms with E-state index in [0.29, 0.717) is 16.7 Å². The second-order valence-electron chi connectivity index (χ2n) is 5.08. The normalized spacial score (nSPS) is 17.4. The molecule has 0 spiro atoms. The molecule has 1 saturated carbocycles. The third-order valence-electron chi connectivity index (χ3n) is 3.13. The van der Waals surface area contributed by atoms with E-state index in [9.17, 15) is 8.42 Å². The van der Waals surface area contributed by atoms with E-state index in [1.54, 1.807) is 11.4 Å². The minimum Gasteiger partial charge on any atom is -0.326 e. The van der Waals surface area contributed by atoms with Crippen LogP contribution in [0.3, 0.4) is 0 Å². The minimum absolute atomic E-state index is 0.353. The zero-order valence-corrected chi connectivity index (χ0v) is 11.7. The monoisotopic (exact) mass is 274 g/mol. The Morgan fingerprint density at radius 2 is 2.18 bits per heavy atom. The van der Waals surface area contributed by atoms with E-state index < -0.39 is 10.0 Å². The lowest BCUT2D eigenvalue weighted by molar-refractivity contribution is 0.401. The summed E-state index contributed by atoms with van der Waals surface area (Å²) in [6.07, 6.45) is 2.21. The van der Waals surface area contributed by atoms with Crippen LogP contribution in [0.1, 0.15) is 32.3 Å². The Kier molecular flexibility index (Phi) is 3.33. The SMILES string of the molecule is CC(C)(NS(=O)(=O)c1cc(CN)cs1)C1CC1. The van der Waals surface area contributed by atoms with Crippen molar-refractivity contribution in [3.05, 3.63) is 17.0 Å². The van der Waals surface area contributed by atoms with Crippen molar-refractivity contribution in [1.82, 2.24) is 4.72 Å². The average Bonchev–Trinajstić information content (AvgIpc) is 2.95. The van der Waals surface area contributed by atoms with E-state index in [1.165, 1.54) is 11.3 Å². The van der Waals surface area contributed by atoms with Crippen molar-refractivity contribution in [1.29, 1.82) is 0 Å². The number of sulfonamides is 1. The lowest BCUT2D eigenvalue weighted by Gasteiger charge is -2.25. The summed E-state index contributed by atoms with van der Waals surface area (Å²) in [7, 11) is -3.40. The molecule has 1 heterocycles. The summed E-state index contributed by atoms with van der Waals surface area (Å²) in [6, 6.07) is 1.65. The molecule has 6 heteroatoms. The molecule has 0 atom stereocenters. The van der Waals surface area contributed by atoms with Gasteiger partial charge in [-0.3, -0.25) is 0 Å². The molecule has 0 amide bonds. The molecule has 17 heavy (non-hydrogen) atoms. The second-order valence-corrected chi connectivity index (χ2v) is 7.90. The Morgan fingerprint density at radius 1 is 1.53 bits per heavy atom. The van der Waals surface area contributed by atoms with Crippen molar-refractivity contribution in [2.24, 2.45) is 11.7 Å². The first-order chi connectivity index (χ1) is 7.85. The molecule has 0 bridgehead atoms. The molecule has 0 saturated heterocycles. The number of thiophene rings is 1. The van der Waals surface area contributed by atoms with Crippen LogP contribution in [0.2, 0.25) is 0 Å². The van der Waals surface area contributed by atoms with E-state index in [1.807, 2.05) is 13.8 Å². The van der Waals surface area contributed by atoms with Crippen LogP contribution >= 0.6 is 11.3 Å². The number of nitrogens with one attached hydrogen (secondary N) is 1. The van der Waals surface area contributed by atoms with Gasteiger partial charge in [-0.2, -0.15) is 0 Å². The van der Waals surface area contributed by atoms with Gasteiger partial charge in [0.25, 0.3) is 10.0 Å². The van der Waals surface area contributed by atoms with Crippen molar-refractivity contribution in [3.63, 3.8) is 0 Å². The molecule has 4 nitrogen and oxygen atoms in total. The fourth-order valence-electron chi connectivity index (χ4n) is 1.89. The molecule has 96 valence electrons. The van der Waals surface area contributed by atoms with Crippen LogP contribution in [-0.4, -0.2) is 14.0 Å². The molecular formula is C11H18N2O2S2. The molecule has 1 aliphatic rings. The second kappa shape index (κ2) is 4.35. The van der Waals surface area contributed by atoms with Crippen LogP contribution in [0.15, 0.2) is 15.7 Å². The standard InChI is InChI=1S/C11H18N2O2S2/c1-11(2,9-3-4-9)13-17(14,15)10-5-8(6-12)7-16-10/h5,7,9,13H,3-4,6,12H2,1-2H3. The van der Waals surface area contributed by atoms with Crippen molar-refractivity contribution >= 4 is 21.4 Å². The molecule has 0 radical (unpaired) electrons. The van der Waals surface area contributed by atoms with Crippen molar-refractivity contribution in [2.45, 2.75) is 43.0 Å². The number of hydrogen-bond acceptors (Lipinski definition) is 4. The van der Waals surface area contributed by atoms with Crippen LogP contribution in [0.25, 0.3) is 0 Å². The highest BCUT2D eigenvalue weighted by atomic mass is 32.2. The Morgan fingerprint density at radius 3 is 2.65 bits per heavy atom. The number of nitrogens with two attached hydrogens (primary N) is 1. The van der Waals surface area contributed by atoms with Crippen molar-refractivity contribution in [3.8, 4) is 0 Å². The lowest BCUT2D eigenvalue weighted by atomic mass is 10.0. The molecule has 2 rings (SSSR count). The topological polar surface area (TPSA) is 72.2 Å². The van der Waals surface area contributed by atoms with Crippen LogP contribution in [0.5, 0.6) is 0 Å². The molecule has 1 aliphatic carbocycles. The summed E-state index contributed by atoms with van der Waals surface area (Å²) in [5.74, 6) is 0.464. The van der Waals surface area contributed by atoms with Gasteiger partial charge >= 0.3 is 0 Å². The molecule has 1 aromatic rings. The smallest absolute Gasteiger partial charge is 0.250 e. The van der Waals surface area contributed by atoms with Crippen LogP contribution in [0, 0.1) is 5.92 Å². The molecular weight excluding hydrogens is 256 g/mol. The molecule has 0 unspecified atom stereocenters. The van der Waals surface area contributed by atoms with Gasteiger partial charge in [-0.1, -0.05) is 0 Å². The van der Waals surface area contributed by atoms with Gasteiger partial charge in [0.05, 0.1) is 0 Å². The predicted molar refractivity (Wildman–Crippen MR) is 69.3 cm³/mol. The van der Waals surface area contributed by atoms with Crippen LogP contribution in [0.4, 0.5) is 0 Å². The Bertz CT molecular complexity index is 501. The van der Waals surface area contributed by atoms with Gasteiger partial charge in [0.1, 0.15) is 4.21 Å². The van der Waals surface area contributed by atoms with Crippen LogP contribution < -0.4 is 10.5 Å². The maximum Gasteiger partial charge on any atom is 0.250 e. The molecule has 0 aliphatic heterocycles. The molecule has 1 aromatic heterocycles. The third-order valence-corrected chi connectivity index (χ3v) is 6.29. The lowest BCUT2D eigenvalue weighted by Crippen LogP contribution is -2.44. The summed E-state index contributed by atoms with van der Waals surface area (Å²) >= 11 is 1.22. The largest absolute Gasteiger partial charge is 0.326 e. The van der Waals surface area contributed by atoms with Gasteiger partial charge in [-0.25, -0.2) is 13.1 Å². The van der Waals surface area contributed by atoms with Gasteiger partial charge in [0.15, 0.2) is 0 Å². The maximum atomic E-state index is 12.2. The summed E-state index contributed by atoms with van der Waals surface area (Å²) in [5, 5.41) is 1.79. The first kappa shape index (κ1) is 13.0. The maximum absolute atomic E-state index is 12.2. The van der Waals surface area contributed by atoms with Crippen molar-refractivity contribution < 1.29 is 8.42 Å². The molecule has 1 fully saturated rings. The number of rotatable bonds is 5. The Labute approximate surface area is 106 Å².